The van der Waals surface area contributed by atoms with Gasteiger partial charge in [0.05, 0.1) is 6.20 Å². The maximum Gasteiger partial charge on any atom is 0.146 e. The first-order valence-corrected chi connectivity index (χ1v) is 4.48. The molecule has 3 heteroatoms. The van der Waals surface area contributed by atoms with Gasteiger partial charge in [-0.15, -0.1) is 0 Å². The lowest BCUT2D eigenvalue weighted by Gasteiger charge is -1.91. The second-order valence-corrected chi connectivity index (χ2v) is 2.82. The van der Waals surface area contributed by atoms with E-state index in [9.17, 15) is 4.79 Å². The second-order valence-electron chi connectivity index (χ2n) is 2.82. The number of carbonyl (C=O) groups is 1. The molecule has 1 aromatic heterocycles. The van der Waals surface area contributed by atoms with E-state index in [4.69, 9.17) is 0 Å². The average molecular weight is 178 g/mol. The summed E-state index contributed by atoms with van der Waals surface area (Å²) in [4.78, 5) is 10.5. The van der Waals surface area contributed by atoms with E-state index in [1.54, 1.807) is 6.20 Å². The van der Waals surface area contributed by atoms with Crippen LogP contribution in [0.15, 0.2) is 18.0 Å². The highest BCUT2D eigenvalue weighted by molar-refractivity contribution is 5.81. The summed E-state index contributed by atoms with van der Waals surface area (Å²) in [5.41, 5.74) is 1.79. The minimum Gasteiger partial charge on any atom is -0.298 e. The summed E-state index contributed by atoms with van der Waals surface area (Å²) in [5.74, 6) is 0. The monoisotopic (exact) mass is 178 g/mol. The van der Waals surface area contributed by atoms with Crippen LogP contribution in [-0.2, 0) is 11.3 Å². The fraction of sp³-hybridized carbons (Fsp3) is 0.400. The van der Waals surface area contributed by atoms with Crippen molar-refractivity contribution in [3.63, 3.8) is 0 Å². The first kappa shape index (κ1) is 9.71. The van der Waals surface area contributed by atoms with Gasteiger partial charge in [-0.1, -0.05) is 6.92 Å². The number of aryl methyl sites for hydroxylation is 1. The summed E-state index contributed by atoms with van der Waals surface area (Å²) < 4.78 is 1.84. The summed E-state index contributed by atoms with van der Waals surface area (Å²) >= 11 is 0. The molecule has 1 aromatic rings. The van der Waals surface area contributed by atoms with Gasteiger partial charge in [0.2, 0.25) is 0 Å². The third-order valence-corrected chi connectivity index (χ3v) is 1.89. The van der Waals surface area contributed by atoms with Gasteiger partial charge in [-0.05, 0) is 25.0 Å². The number of rotatable bonds is 4. The summed E-state index contributed by atoms with van der Waals surface area (Å²) in [5, 5.41) is 4.11. The number of hydrogen-bond acceptors (Lipinski definition) is 2. The first-order chi connectivity index (χ1) is 6.30. The molecule has 0 spiro atoms. The molecule has 0 bridgehead atoms. The molecule has 0 saturated carbocycles. The fourth-order valence-corrected chi connectivity index (χ4v) is 1.06. The topological polar surface area (TPSA) is 34.9 Å². The molecule has 0 N–H and O–H groups in total. The standard InChI is InChI=1S/C10H14N2O/c1-3-9(8-13)5-10-6-11-12(4-2)7-10/h5-8H,3-4H2,1-2H3. The molecule has 0 aliphatic heterocycles. The van der Waals surface area contributed by atoms with Gasteiger partial charge in [0.1, 0.15) is 6.29 Å². The largest absolute Gasteiger partial charge is 0.298 e. The predicted molar refractivity (Wildman–Crippen MR) is 52.2 cm³/mol. The van der Waals surface area contributed by atoms with E-state index in [1.165, 1.54) is 0 Å². The number of aromatic nitrogens is 2. The summed E-state index contributed by atoms with van der Waals surface area (Å²) in [6.07, 6.45) is 7.22. The van der Waals surface area contributed by atoms with E-state index in [0.717, 1.165) is 30.4 Å². The Kier molecular flexibility index (Phi) is 3.43. The number of aldehydes is 1. The molecule has 0 atom stereocenters. The van der Waals surface area contributed by atoms with Crippen LogP contribution in [0.2, 0.25) is 0 Å². The van der Waals surface area contributed by atoms with Crippen LogP contribution in [0.4, 0.5) is 0 Å². The minimum absolute atomic E-state index is 0.765. The van der Waals surface area contributed by atoms with Crippen LogP contribution < -0.4 is 0 Å². The van der Waals surface area contributed by atoms with E-state index in [2.05, 4.69) is 5.10 Å². The van der Waals surface area contributed by atoms with Gasteiger partial charge in [0.15, 0.2) is 0 Å². The molecule has 0 radical (unpaired) electrons. The number of carbonyl (C=O) groups excluding carboxylic acids is 1. The zero-order valence-electron chi connectivity index (χ0n) is 8.03. The van der Waals surface area contributed by atoms with E-state index in [0.29, 0.717) is 0 Å². The van der Waals surface area contributed by atoms with Gasteiger partial charge in [-0.25, -0.2) is 0 Å². The molecule has 0 aromatic carbocycles. The minimum atomic E-state index is 0.765. The van der Waals surface area contributed by atoms with Crippen molar-refractivity contribution in [1.29, 1.82) is 0 Å². The number of nitrogens with zero attached hydrogens (tertiary/aromatic N) is 2. The molecule has 1 rings (SSSR count). The second kappa shape index (κ2) is 4.60. The smallest absolute Gasteiger partial charge is 0.146 e. The lowest BCUT2D eigenvalue weighted by Crippen LogP contribution is -1.91. The average Bonchev–Trinajstić information content (AvgIpc) is 2.61. The zero-order chi connectivity index (χ0) is 9.68. The molecule has 0 unspecified atom stereocenters. The van der Waals surface area contributed by atoms with Crippen molar-refractivity contribution in [3.05, 3.63) is 23.5 Å². The Morgan fingerprint density at radius 1 is 1.62 bits per heavy atom. The summed E-state index contributed by atoms with van der Waals surface area (Å²) in [6.45, 7) is 4.85. The molecular weight excluding hydrogens is 164 g/mol. The van der Waals surface area contributed by atoms with E-state index in [1.807, 2.05) is 30.8 Å². The van der Waals surface area contributed by atoms with Crippen LogP contribution in [0.25, 0.3) is 6.08 Å². The van der Waals surface area contributed by atoms with Crippen molar-refractivity contribution in [2.75, 3.05) is 0 Å². The van der Waals surface area contributed by atoms with Crippen LogP contribution in [0.1, 0.15) is 25.8 Å². The Labute approximate surface area is 78.1 Å². The molecule has 3 nitrogen and oxygen atoms in total. The van der Waals surface area contributed by atoms with Crippen molar-refractivity contribution in [2.24, 2.45) is 0 Å². The molecule has 1 heterocycles. The van der Waals surface area contributed by atoms with Crippen LogP contribution in [-0.4, -0.2) is 16.1 Å². The Balaban J connectivity index is 2.83. The van der Waals surface area contributed by atoms with E-state index < -0.39 is 0 Å². The van der Waals surface area contributed by atoms with Gasteiger partial charge in [0, 0.05) is 18.3 Å². The van der Waals surface area contributed by atoms with E-state index >= 15 is 0 Å². The SMILES string of the molecule is CCC(C=O)=Cc1cnn(CC)c1. The van der Waals surface area contributed by atoms with Gasteiger partial charge in [0.25, 0.3) is 0 Å². The summed E-state index contributed by atoms with van der Waals surface area (Å²) in [7, 11) is 0. The first-order valence-electron chi connectivity index (χ1n) is 4.48. The lowest BCUT2D eigenvalue weighted by molar-refractivity contribution is -0.104. The van der Waals surface area contributed by atoms with Gasteiger partial charge in [-0.3, -0.25) is 9.48 Å². The highest BCUT2D eigenvalue weighted by Crippen LogP contribution is 2.06. The third-order valence-electron chi connectivity index (χ3n) is 1.89. The van der Waals surface area contributed by atoms with E-state index in [-0.39, 0.29) is 0 Å². The van der Waals surface area contributed by atoms with Gasteiger partial charge >= 0.3 is 0 Å². The molecule has 0 aliphatic rings. The molecule has 0 fully saturated rings. The van der Waals surface area contributed by atoms with Gasteiger partial charge < -0.3 is 0 Å². The van der Waals surface area contributed by atoms with Gasteiger partial charge in [-0.2, -0.15) is 5.10 Å². The molecule has 70 valence electrons. The quantitative estimate of drug-likeness (QED) is 0.521. The lowest BCUT2D eigenvalue weighted by atomic mass is 10.2. The maximum atomic E-state index is 10.5. The highest BCUT2D eigenvalue weighted by atomic mass is 16.1. The van der Waals surface area contributed by atoms with Crippen molar-refractivity contribution >= 4 is 12.4 Å². The Morgan fingerprint density at radius 2 is 2.38 bits per heavy atom. The fourth-order valence-electron chi connectivity index (χ4n) is 1.06. The van der Waals surface area contributed by atoms with Crippen LogP contribution in [0.3, 0.4) is 0 Å². The molecule has 0 aliphatic carbocycles. The van der Waals surface area contributed by atoms with Crippen molar-refractivity contribution in [3.8, 4) is 0 Å². The zero-order valence-corrected chi connectivity index (χ0v) is 8.03. The third kappa shape index (κ3) is 2.54. The molecule has 0 amide bonds. The van der Waals surface area contributed by atoms with Crippen molar-refractivity contribution < 1.29 is 4.79 Å². The van der Waals surface area contributed by atoms with Crippen LogP contribution in [0.5, 0.6) is 0 Å². The Hall–Kier alpha value is -1.38. The molecular formula is C10H14N2O. The molecule has 13 heavy (non-hydrogen) atoms. The van der Waals surface area contributed by atoms with Crippen LogP contribution in [0, 0.1) is 0 Å². The normalized spacial score (nSPS) is 11.7. The number of allylic oxidation sites excluding steroid dienone is 1. The van der Waals surface area contributed by atoms with Crippen molar-refractivity contribution in [2.45, 2.75) is 26.8 Å². The van der Waals surface area contributed by atoms with Crippen molar-refractivity contribution in [1.82, 2.24) is 9.78 Å². The Bertz CT molecular complexity index is 312. The number of hydrogen-bond donors (Lipinski definition) is 0. The Morgan fingerprint density at radius 3 is 2.85 bits per heavy atom. The maximum absolute atomic E-state index is 10.5. The van der Waals surface area contributed by atoms with Crippen LogP contribution >= 0.6 is 0 Å². The summed E-state index contributed by atoms with van der Waals surface area (Å²) in [6, 6.07) is 0. The molecule has 0 saturated heterocycles. The predicted octanol–water partition coefficient (Wildman–Crippen LogP) is 1.90. The highest BCUT2D eigenvalue weighted by Gasteiger charge is 1.95.